The Balaban J connectivity index is 1.39. The van der Waals surface area contributed by atoms with Gasteiger partial charge in [0.1, 0.15) is 5.75 Å². The Hall–Kier alpha value is -2.80. The van der Waals surface area contributed by atoms with Gasteiger partial charge in [0.15, 0.2) is 5.65 Å². The second-order valence-electron chi connectivity index (χ2n) is 6.43. The first-order valence-electron chi connectivity index (χ1n) is 8.80. The number of piperazine rings is 1. The lowest BCUT2D eigenvalue weighted by molar-refractivity contribution is -0.130. The number of nitrogens with zero attached hydrogens (tertiary/aromatic N) is 5. The van der Waals surface area contributed by atoms with Crippen molar-refractivity contribution in [2.45, 2.75) is 6.42 Å². The molecule has 0 saturated carbocycles. The number of anilines is 1. The molecule has 1 saturated heterocycles. The summed E-state index contributed by atoms with van der Waals surface area (Å²) < 4.78 is 7.12. The summed E-state index contributed by atoms with van der Waals surface area (Å²) in [4.78, 5) is 16.7. The molecule has 1 amide bonds. The molecule has 8 heteroatoms. The number of hydrogen-bond acceptors (Lipinski definition) is 5. The summed E-state index contributed by atoms with van der Waals surface area (Å²) in [6.07, 6.45) is 2.24. The van der Waals surface area contributed by atoms with Crippen molar-refractivity contribution in [3.05, 3.63) is 53.2 Å². The van der Waals surface area contributed by atoms with Gasteiger partial charge in [-0.25, -0.2) is 0 Å². The molecular weight excluding hydrogens is 366 g/mol. The number of hydrogen-bond donors (Lipinski definition) is 0. The van der Waals surface area contributed by atoms with Crippen molar-refractivity contribution in [2.24, 2.45) is 0 Å². The second-order valence-corrected chi connectivity index (χ2v) is 6.84. The maximum atomic E-state index is 12.7. The van der Waals surface area contributed by atoms with Crippen molar-refractivity contribution in [3.8, 4) is 5.75 Å². The van der Waals surface area contributed by atoms with Gasteiger partial charge in [-0.15, -0.1) is 10.2 Å². The third-order valence-electron chi connectivity index (χ3n) is 4.81. The summed E-state index contributed by atoms with van der Waals surface area (Å²) in [7, 11) is 1.59. The Labute approximate surface area is 162 Å². The van der Waals surface area contributed by atoms with Gasteiger partial charge in [0.05, 0.1) is 13.5 Å². The van der Waals surface area contributed by atoms with E-state index in [-0.39, 0.29) is 12.3 Å². The SMILES string of the molecule is COc1ccc(CC(=O)N2CCN(c3nnc4ccccn34)CC2)c(Cl)c1. The number of fused-ring (bicyclic) bond motifs is 1. The van der Waals surface area contributed by atoms with Crippen molar-refractivity contribution >= 4 is 29.1 Å². The number of aromatic nitrogens is 3. The van der Waals surface area contributed by atoms with Crippen molar-refractivity contribution in [2.75, 3.05) is 38.2 Å². The van der Waals surface area contributed by atoms with Crippen LogP contribution in [0.2, 0.25) is 5.02 Å². The molecular formula is C19H20ClN5O2. The quantitative estimate of drug-likeness (QED) is 0.689. The van der Waals surface area contributed by atoms with E-state index in [1.54, 1.807) is 13.2 Å². The lowest BCUT2D eigenvalue weighted by Gasteiger charge is -2.34. The van der Waals surface area contributed by atoms with Crippen LogP contribution in [-0.4, -0.2) is 58.7 Å². The van der Waals surface area contributed by atoms with E-state index in [4.69, 9.17) is 16.3 Å². The lowest BCUT2D eigenvalue weighted by atomic mass is 10.1. The highest BCUT2D eigenvalue weighted by atomic mass is 35.5. The van der Waals surface area contributed by atoms with Crippen LogP contribution in [0.3, 0.4) is 0 Å². The highest BCUT2D eigenvalue weighted by molar-refractivity contribution is 6.31. The van der Waals surface area contributed by atoms with Gasteiger partial charge in [0, 0.05) is 37.4 Å². The first kappa shape index (κ1) is 17.6. The number of carbonyl (C=O) groups excluding carboxylic acids is 1. The number of benzene rings is 1. The topological polar surface area (TPSA) is 63.0 Å². The van der Waals surface area contributed by atoms with Gasteiger partial charge < -0.3 is 14.5 Å². The zero-order valence-electron chi connectivity index (χ0n) is 15.0. The summed E-state index contributed by atoms with van der Waals surface area (Å²) in [5.74, 6) is 1.58. The van der Waals surface area contributed by atoms with Crippen LogP contribution in [0.25, 0.3) is 5.65 Å². The Morgan fingerprint density at radius 2 is 1.96 bits per heavy atom. The van der Waals surface area contributed by atoms with Crippen LogP contribution < -0.4 is 9.64 Å². The van der Waals surface area contributed by atoms with Gasteiger partial charge in [-0.3, -0.25) is 9.20 Å². The first-order chi connectivity index (χ1) is 13.2. The van der Waals surface area contributed by atoms with E-state index in [2.05, 4.69) is 15.1 Å². The van der Waals surface area contributed by atoms with Crippen LogP contribution in [0.4, 0.5) is 5.95 Å². The molecule has 4 rings (SSSR count). The Kier molecular flexibility index (Phi) is 4.85. The van der Waals surface area contributed by atoms with Crippen molar-refractivity contribution in [1.82, 2.24) is 19.5 Å². The monoisotopic (exact) mass is 385 g/mol. The minimum atomic E-state index is 0.0767. The summed E-state index contributed by atoms with van der Waals surface area (Å²) in [6.45, 7) is 2.73. The molecule has 1 aliphatic heterocycles. The van der Waals surface area contributed by atoms with E-state index < -0.39 is 0 Å². The zero-order chi connectivity index (χ0) is 18.8. The molecule has 0 unspecified atom stereocenters. The standard InChI is InChI=1S/C19H20ClN5O2/c1-27-15-6-5-14(16(20)13-15)12-18(26)23-8-10-24(11-9-23)19-22-21-17-4-2-3-7-25(17)19/h2-7,13H,8-12H2,1H3. The minimum absolute atomic E-state index is 0.0767. The van der Waals surface area contributed by atoms with E-state index in [0.717, 1.165) is 30.2 Å². The van der Waals surface area contributed by atoms with Gasteiger partial charge in [0.25, 0.3) is 0 Å². The molecule has 2 aromatic heterocycles. The molecule has 0 bridgehead atoms. The first-order valence-corrected chi connectivity index (χ1v) is 9.18. The average molecular weight is 386 g/mol. The predicted molar refractivity (Wildman–Crippen MR) is 103 cm³/mol. The van der Waals surface area contributed by atoms with E-state index in [0.29, 0.717) is 23.9 Å². The molecule has 0 atom stereocenters. The Morgan fingerprint density at radius 3 is 2.70 bits per heavy atom. The van der Waals surface area contributed by atoms with Gasteiger partial charge in [-0.2, -0.15) is 0 Å². The van der Waals surface area contributed by atoms with Crippen LogP contribution in [0.1, 0.15) is 5.56 Å². The normalized spacial score (nSPS) is 14.6. The molecule has 3 aromatic rings. The van der Waals surface area contributed by atoms with Gasteiger partial charge >= 0.3 is 0 Å². The predicted octanol–water partition coefficient (Wildman–Crippen LogP) is 2.28. The fraction of sp³-hybridized carbons (Fsp3) is 0.316. The van der Waals surface area contributed by atoms with Crippen LogP contribution in [0.15, 0.2) is 42.6 Å². The number of carbonyl (C=O) groups is 1. The van der Waals surface area contributed by atoms with E-state index >= 15 is 0 Å². The average Bonchev–Trinajstić information content (AvgIpc) is 3.13. The molecule has 3 heterocycles. The largest absolute Gasteiger partial charge is 0.497 e. The van der Waals surface area contributed by atoms with Gasteiger partial charge in [-0.1, -0.05) is 23.7 Å². The second kappa shape index (κ2) is 7.44. The molecule has 0 aliphatic carbocycles. The highest BCUT2D eigenvalue weighted by Crippen LogP contribution is 2.23. The number of amides is 1. The van der Waals surface area contributed by atoms with Crippen LogP contribution in [-0.2, 0) is 11.2 Å². The number of ether oxygens (including phenoxy) is 1. The third kappa shape index (κ3) is 3.55. The molecule has 7 nitrogen and oxygen atoms in total. The summed E-state index contributed by atoms with van der Waals surface area (Å²) in [5, 5.41) is 9.04. The Bertz CT molecular complexity index is 966. The Morgan fingerprint density at radius 1 is 1.15 bits per heavy atom. The third-order valence-corrected chi connectivity index (χ3v) is 5.16. The summed E-state index contributed by atoms with van der Waals surface area (Å²) in [6, 6.07) is 11.2. The van der Waals surface area contributed by atoms with E-state index in [1.165, 1.54) is 0 Å². The molecule has 1 aromatic carbocycles. The van der Waals surface area contributed by atoms with Crippen molar-refractivity contribution in [1.29, 1.82) is 0 Å². The number of pyridine rings is 1. The summed E-state index contributed by atoms with van der Waals surface area (Å²) >= 11 is 6.26. The fourth-order valence-corrected chi connectivity index (χ4v) is 3.51. The zero-order valence-corrected chi connectivity index (χ0v) is 15.8. The number of halogens is 1. The van der Waals surface area contributed by atoms with E-state index in [1.807, 2.05) is 45.8 Å². The van der Waals surface area contributed by atoms with Crippen molar-refractivity contribution < 1.29 is 9.53 Å². The highest BCUT2D eigenvalue weighted by Gasteiger charge is 2.24. The maximum absolute atomic E-state index is 12.7. The smallest absolute Gasteiger partial charge is 0.231 e. The van der Waals surface area contributed by atoms with E-state index in [9.17, 15) is 4.79 Å². The maximum Gasteiger partial charge on any atom is 0.231 e. The van der Waals surface area contributed by atoms with Crippen molar-refractivity contribution in [3.63, 3.8) is 0 Å². The lowest BCUT2D eigenvalue weighted by Crippen LogP contribution is -2.49. The van der Waals surface area contributed by atoms with Crippen LogP contribution in [0.5, 0.6) is 5.75 Å². The number of methoxy groups -OCH3 is 1. The molecule has 0 spiro atoms. The van der Waals surface area contributed by atoms with Gasteiger partial charge in [-0.05, 0) is 29.8 Å². The molecule has 0 radical (unpaired) electrons. The molecule has 140 valence electrons. The fourth-order valence-electron chi connectivity index (χ4n) is 3.27. The summed E-state index contributed by atoms with van der Waals surface area (Å²) in [5.41, 5.74) is 1.63. The minimum Gasteiger partial charge on any atom is -0.497 e. The number of rotatable bonds is 4. The van der Waals surface area contributed by atoms with Crippen LogP contribution >= 0.6 is 11.6 Å². The van der Waals surface area contributed by atoms with Gasteiger partial charge in [0.2, 0.25) is 11.9 Å². The van der Waals surface area contributed by atoms with Crippen LogP contribution in [0, 0.1) is 0 Å². The molecule has 27 heavy (non-hydrogen) atoms. The molecule has 0 N–H and O–H groups in total. The molecule has 1 aliphatic rings. The molecule has 1 fully saturated rings.